The van der Waals surface area contributed by atoms with E-state index in [1.807, 2.05) is 78.9 Å². The van der Waals surface area contributed by atoms with Crippen molar-refractivity contribution in [1.29, 1.82) is 0 Å². The number of quaternary nitrogens is 1. The lowest BCUT2D eigenvalue weighted by molar-refractivity contribution is -0.938. The predicted molar refractivity (Wildman–Crippen MR) is 240 cm³/mol. The van der Waals surface area contributed by atoms with Gasteiger partial charge in [-0.2, -0.15) is 0 Å². The SMILES string of the molecule is COc1ccc(C(NC(=O)O[C@H]2C[N+]3(CC(=O)c4ccccc4)CCC2CC3)c2ccccc2)cc1OCCCCCCCCCNC[C@@H](O)c1ccc(O)c2[nH]c(=O)ccc12. The van der Waals surface area contributed by atoms with Crippen LogP contribution in [-0.2, 0) is 4.74 Å². The molecule has 3 fully saturated rings. The van der Waals surface area contributed by atoms with Crippen LogP contribution in [0.4, 0.5) is 4.79 Å². The number of aromatic hydroxyl groups is 1. The van der Waals surface area contributed by atoms with E-state index in [1.165, 1.54) is 12.1 Å². The monoisotopic (exact) mass is 845 g/mol. The maximum absolute atomic E-state index is 13.7. The normalized spacial score (nSPS) is 19.1. The van der Waals surface area contributed by atoms with E-state index in [0.29, 0.717) is 58.7 Å². The van der Waals surface area contributed by atoms with Gasteiger partial charge in [-0.05, 0) is 60.3 Å². The number of nitrogens with zero attached hydrogens (tertiary/aromatic N) is 1. The number of ether oxygens (including phenoxy) is 3. The highest BCUT2D eigenvalue weighted by Gasteiger charge is 2.48. The lowest BCUT2D eigenvalue weighted by atomic mass is 9.83. The maximum atomic E-state index is 13.7. The van der Waals surface area contributed by atoms with E-state index in [0.717, 1.165) is 94.1 Å². The fraction of sp³-hybridized carbons (Fsp3) is 0.420. The molecule has 328 valence electrons. The van der Waals surface area contributed by atoms with Crippen LogP contribution in [0.25, 0.3) is 10.9 Å². The molecule has 12 nitrogen and oxygen atoms in total. The second-order valence-corrected chi connectivity index (χ2v) is 16.9. The van der Waals surface area contributed by atoms with Crippen molar-refractivity contribution < 1.29 is 38.5 Å². The van der Waals surface area contributed by atoms with Gasteiger partial charge < -0.3 is 44.5 Å². The van der Waals surface area contributed by atoms with Crippen molar-refractivity contribution in [2.75, 3.05) is 53.0 Å². The average Bonchev–Trinajstić information content (AvgIpc) is 3.29. The number of alkyl carbamates (subject to hydrolysis) is 1. The molecule has 3 aliphatic rings. The van der Waals surface area contributed by atoms with Crippen molar-refractivity contribution in [2.45, 2.75) is 76.0 Å². The molecule has 5 aromatic rings. The lowest BCUT2D eigenvalue weighted by Gasteiger charge is -2.51. The lowest BCUT2D eigenvalue weighted by Crippen LogP contribution is -2.66. The van der Waals surface area contributed by atoms with Gasteiger partial charge in [-0.3, -0.25) is 9.59 Å². The summed E-state index contributed by atoms with van der Waals surface area (Å²) in [4.78, 5) is 41.3. The number of ketones is 1. The Labute approximate surface area is 363 Å². The summed E-state index contributed by atoms with van der Waals surface area (Å²) in [7, 11) is 1.63. The molecule has 3 atom stereocenters. The Balaban J connectivity index is 0.841. The topological polar surface area (TPSA) is 159 Å². The summed E-state index contributed by atoms with van der Waals surface area (Å²) in [5, 5.41) is 28.0. The van der Waals surface area contributed by atoms with Crippen LogP contribution in [0.5, 0.6) is 17.2 Å². The molecule has 1 unspecified atom stereocenters. The highest BCUT2D eigenvalue weighted by molar-refractivity contribution is 5.97. The standard InChI is InChI=1S/C50H60N4O8/c1-60-44-23-19-38(31-45(44)61-30-14-6-4-2-3-5-13-27-51-32-42(56)39-20-22-41(55)49-40(39)21-24-47(58)52-49)48(37-17-11-8-12-18-37)53-50(59)62-46-34-54(28-25-36(46)26-29-54)33-43(57)35-15-9-7-10-16-35/h7-12,15-24,31,36,42,46,48,51,56H,2-6,13-14,25-30,32-34H2,1H3,(H2-,52,53,55,58,59)/p+1/t36?,42-,46+,48?,54?/m1/s1. The molecule has 0 radical (unpaired) electrons. The van der Waals surface area contributed by atoms with E-state index >= 15 is 0 Å². The molecule has 4 heterocycles. The van der Waals surface area contributed by atoms with Gasteiger partial charge in [-0.15, -0.1) is 0 Å². The number of nitrogens with one attached hydrogen (secondary N) is 3. The van der Waals surface area contributed by atoms with Gasteiger partial charge in [0, 0.05) is 42.3 Å². The molecule has 2 bridgehead atoms. The summed E-state index contributed by atoms with van der Waals surface area (Å²) in [6.07, 6.45) is 7.77. The van der Waals surface area contributed by atoms with Crippen LogP contribution in [0.2, 0.25) is 0 Å². The number of aliphatic hydroxyl groups excluding tert-OH is 1. The number of aliphatic hydroxyl groups is 1. The Bertz CT molecular complexity index is 2290. The van der Waals surface area contributed by atoms with Crippen LogP contribution in [0.3, 0.4) is 0 Å². The molecular weight excluding hydrogens is 785 g/mol. The van der Waals surface area contributed by atoms with Gasteiger partial charge in [0.2, 0.25) is 11.3 Å². The number of aromatic amines is 1. The molecule has 0 saturated carbocycles. The number of hydrogen-bond acceptors (Lipinski definition) is 9. The number of benzene rings is 4. The van der Waals surface area contributed by atoms with Crippen molar-refractivity contribution in [1.82, 2.24) is 15.6 Å². The number of pyridine rings is 1. The number of Topliss-reactive ketones (excluding diaryl/α,β-unsaturated/α-hetero) is 1. The second-order valence-electron chi connectivity index (χ2n) is 16.9. The number of unbranched alkanes of at least 4 members (excludes halogenated alkanes) is 6. The quantitative estimate of drug-likeness (QED) is 0.0265. The van der Waals surface area contributed by atoms with Crippen molar-refractivity contribution in [3.05, 3.63) is 136 Å². The molecule has 62 heavy (non-hydrogen) atoms. The van der Waals surface area contributed by atoms with Crippen LogP contribution in [-0.4, -0.2) is 90.6 Å². The summed E-state index contributed by atoms with van der Waals surface area (Å²) in [6, 6.07) is 30.8. The Hall–Kier alpha value is -5.69. The van der Waals surface area contributed by atoms with Gasteiger partial charge >= 0.3 is 6.09 Å². The maximum Gasteiger partial charge on any atom is 0.408 e. The summed E-state index contributed by atoms with van der Waals surface area (Å²) >= 11 is 0. The van der Waals surface area contributed by atoms with Crippen molar-refractivity contribution in [3.8, 4) is 17.2 Å². The molecule has 0 aliphatic carbocycles. The van der Waals surface area contributed by atoms with E-state index in [2.05, 4.69) is 15.6 Å². The van der Waals surface area contributed by atoms with Crippen LogP contribution in [0, 0.1) is 5.92 Å². The van der Waals surface area contributed by atoms with Gasteiger partial charge in [0.15, 0.2) is 17.6 Å². The van der Waals surface area contributed by atoms with Crippen LogP contribution in [0.1, 0.15) is 97.0 Å². The molecule has 12 heteroatoms. The largest absolute Gasteiger partial charge is 0.506 e. The number of amides is 1. The molecule has 4 aromatic carbocycles. The minimum Gasteiger partial charge on any atom is -0.506 e. The van der Waals surface area contributed by atoms with E-state index in [9.17, 15) is 24.6 Å². The molecule has 1 aromatic heterocycles. The first-order chi connectivity index (χ1) is 30.2. The predicted octanol–water partition coefficient (Wildman–Crippen LogP) is 7.98. The van der Waals surface area contributed by atoms with Crippen LogP contribution >= 0.6 is 0 Å². The van der Waals surface area contributed by atoms with E-state index in [1.54, 1.807) is 19.2 Å². The number of aromatic nitrogens is 1. The van der Waals surface area contributed by atoms with Crippen molar-refractivity contribution >= 4 is 22.8 Å². The number of phenols is 1. The summed E-state index contributed by atoms with van der Waals surface area (Å²) in [5.41, 5.74) is 3.19. The number of fused-ring (bicyclic) bond motifs is 4. The zero-order valence-electron chi connectivity index (χ0n) is 35.7. The minimum atomic E-state index is -0.764. The molecule has 5 N–H and O–H groups in total. The van der Waals surface area contributed by atoms with Crippen LogP contribution < -0.4 is 25.7 Å². The van der Waals surface area contributed by atoms with Crippen molar-refractivity contribution in [3.63, 3.8) is 0 Å². The third-order valence-corrected chi connectivity index (χ3v) is 12.6. The molecular formula is C50H61N4O8+. The van der Waals surface area contributed by atoms with E-state index < -0.39 is 18.2 Å². The number of rotatable bonds is 22. The first kappa shape index (κ1) is 44.4. The Morgan fingerprint density at radius 1 is 0.823 bits per heavy atom. The first-order valence-electron chi connectivity index (χ1n) is 22.2. The number of carbonyl (C=O) groups excluding carboxylic acids is 2. The number of H-pyrrole nitrogens is 1. The summed E-state index contributed by atoms with van der Waals surface area (Å²) in [6.45, 7) is 4.62. The second kappa shape index (κ2) is 21.4. The van der Waals surface area contributed by atoms with Gasteiger partial charge in [0.05, 0.1) is 44.5 Å². The number of phenolic OH excluding ortho intramolecular Hbond substituents is 1. The number of hydrogen-bond donors (Lipinski definition) is 5. The zero-order chi connectivity index (χ0) is 43.3. The van der Waals surface area contributed by atoms with Gasteiger partial charge in [-0.25, -0.2) is 4.79 Å². The van der Waals surface area contributed by atoms with Crippen molar-refractivity contribution in [2.24, 2.45) is 5.92 Å². The van der Waals surface area contributed by atoms with E-state index in [4.69, 9.17) is 14.2 Å². The Morgan fingerprint density at radius 3 is 2.27 bits per heavy atom. The average molecular weight is 846 g/mol. The fourth-order valence-electron chi connectivity index (χ4n) is 9.19. The summed E-state index contributed by atoms with van der Waals surface area (Å²) in [5.74, 6) is 1.65. The molecule has 8 rings (SSSR count). The van der Waals surface area contributed by atoms with E-state index in [-0.39, 0.29) is 29.1 Å². The highest BCUT2D eigenvalue weighted by Crippen LogP contribution is 2.37. The van der Waals surface area contributed by atoms with Gasteiger partial charge in [0.25, 0.3) is 0 Å². The minimum absolute atomic E-state index is 0.0200. The highest BCUT2D eigenvalue weighted by atomic mass is 16.6. The zero-order valence-corrected chi connectivity index (χ0v) is 35.7. The van der Waals surface area contributed by atoms with Crippen LogP contribution in [0.15, 0.2) is 108 Å². The molecule has 3 saturated heterocycles. The third-order valence-electron chi connectivity index (χ3n) is 12.6. The Morgan fingerprint density at radius 2 is 1.53 bits per heavy atom. The molecule has 1 amide bonds. The first-order valence-corrected chi connectivity index (χ1v) is 22.2. The number of carbonyl (C=O) groups is 2. The molecule has 3 aliphatic heterocycles. The number of methoxy groups -OCH3 is 1. The molecule has 0 spiro atoms. The Kier molecular flexibility index (Phi) is 15.3. The van der Waals surface area contributed by atoms with Gasteiger partial charge in [0.1, 0.15) is 18.8 Å². The third kappa shape index (κ3) is 11.4. The van der Waals surface area contributed by atoms with Gasteiger partial charge in [-0.1, -0.05) is 105 Å². The number of piperidine rings is 3. The smallest absolute Gasteiger partial charge is 0.408 e. The summed E-state index contributed by atoms with van der Waals surface area (Å²) < 4.78 is 18.8. The fourth-order valence-corrected chi connectivity index (χ4v) is 9.19.